The number of rotatable bonds is 3. The summed E-state index contributed by atoms with van der Waals surface area (Å²) in [6, 6.07) is 6.78. The minimum Gasteiger partial charge on any atom is -0.497 e. The Hall–Kier alpha value is -2.80. The maximum atomic E-state index is 12.2. The van der Waals surface area contributed by atoms with Gasteiger partial charge in [-0.05, 0) is 36.4 Å². The molecule has 110 valence electrons. The van der Waals surface area contributed by atoms with Gasteiger partial charge in [0.1, 0.15) is 16.3 Å². The average molecular weight is 314 g/mol. The van der Waals surface area contributed by atoms with Gasteiger partial charge in [0.15, 0.2) is 10.8 Å². The number of carbonyl (C=O) groups is 3. The third-order valence-corrected chi connectivity index (χ3v) is 4.08. The third-order valence-electron chi connectivity index (χ3n) is 3.01. The zero-order valence-electron chi connectivity index (χ0n) is 11.5. The van der Waals surface area contributed by atoms with Gasteiger partial charge in [0.05, 0.1) is 7.11 Å². The molecule has 1 aliphatic rings. The number of hydrogen-bond acceptors (Lipinski definition) is 6. The highest BCUT2D eigenvalue weighted by molar-refractivity contribution is 7.16. The van der Waals surface area contributed by atoms with Gasteiger partial charge < -0.3 is 10.1 Å². The van der Waals surface area contributed by atoms with Crippen molar-refractivity contribution in [1.29, 1.82) is 0 Å². The lowest BCUT2D eigenvalue weighted by atomic mass is 10.1. The summed E-state index contributed by atoms with van der Waals surface area (Å²) in [5, 5.41) is 2.73. The standard InChI is InChI=1S/C15H10N2O4S/c1-21-9-4-2-8(3-5-9)16-14(20)15-17-12-10(18)6-7-11(19)13(12)22-15/h2-7H,1H3,(H,16,20). The van der Waals surface area contributed by atoms with Crippen molar-refractivity contribution in [2.24, 2.45) is 0 Å². The predicted molar refractivity (Wildman–Crippen MR) is 80.9 cm³/mol. The van der Waals surface area contributed by atoms with Crippen molar-refractivity contribution in [3.8, 4) is 5.75 Å². The zero-order chi connectivity index (χ0) is 15.7. The number of benzene rings is 1. The molecule has 1 aromatic carbocycles. The molecule has 0 spiro atoms. The van der Waals surface area contributed by atoms with Gasteiger partial charge in [-0.1, -0.05) is 0 Å². The topological polar surface area (TPSA) is 85.4 Å². The molecule has 1 aromatic heterocycles. The van der Waals surface area contributed by atoms with Gasteiger partial charge in [-0.25, -0.2) is 4.98 Å². The number of allylic oxidation sites excluding steroid dienone is 2. The van der Waals surface area contributed by atoms with Crippen LogP contribution in [0.4, 0.5) is 5.69 Å². The number of nitrogens with one attached hydrogen (secondary N) is 1. The molecule has 3 rings (SSSR count). The molecule has 1 amide bonds. The Balaban J connectivity index is 1.82. The fourth-order valence-corrected chi connectivity index (χ4v) is 2.80. The van der Waals surface area contributed by atoms with E-state index in [9.17, 15) is 14.4 Å². The van der Waals surface area contributed by atoms with E-state index in [1.807, 2.05) is 0 Å². The number of ether oxygens (including phenoxy) is 1. The second-order valence-corrected chi connectivity index (χ2v) is 5.44. The van der Waals surface area contributed by atoms with Crippen LogP contribution in [0.1, 0.15) is 30.0 Å². The largest absolute Gasteiger partial charge is 0.497 e. The predicted octanol–water partition coefficient (Wildman–Crippen LogP) is 2.34. The number of carbonyl (C=O) groups excluding carboxylic acids is 3. The summed E-state index contributed by atoms with van der Waals surface area (Å²) >= 11 is 0.913. The summed E-state index contributed by atoms with van der Waals surface area (Å²) in [5.74, 6) is -0.472. The molecular formula is C15H10N2O4S. The SMILES string of the molecule is COc1ccc(NC(=O)c2nc3c(s2)C(=O)C=CC3=O)cc1. The van der Waals surface area contributed by atoms with Gasteiger partial charge in [0.2, 0.25) is 5.78 Å². The van der Waals surface area contributed by atoms with Crippen molar-refractivity contribution in [2.75, 3.05) is 12.4 Å². The van der Waals surface area contributed by atoms with E-state index < -0.39 is 5.91 Å². The van der Waals surface area contributed by atoms with E-state index in [1.165, 1.54) is 6.08 Å². The first kappa shape index (κ1) is 14.2. The van der Waals surface area contributed by atoms with Crippen LogP contribution in [0.3, 0.4) is 0 Å². The van der Waals surface area contributed by atoms with Gasteiger partial charge in [-0.15, -0.1) is 11.3 Å². The maximum absolute atomic E-state index is 12.2. The summed E-state index contributed by atoms with van der Waals surface area (Å²) in [4.78, 5) is 39.7. The molecule has 0 unspecified atom stereocenters. The molecule has 22 heavy (non-hydrogen) atoms. The normalized spacial score (nSPS) is 13.0. The lowest BCUT2D eigenvalue weighted by Gasteiger charge is -2.04. The second kappa shape index (κ2) is 5.53. The van der Waals surface area contributed by atoms with Crippen molar-refractivity contribution < 1.29 is 19.1 Å². The number of thiazole rings is 1. The molecule has 0 fully saturated rings. The van der Waals surface area contributed by atoms with Gasteiger partial charge >= 0.3 is 0 Å². The van der Waals surface area contributed by atoms with Crippen LogP contribution in [0.2, 0.25) is 0 Å². The quantitative estimate of drug-likeness (QED) is 0.940. The van der Waals surface area contributed by atoms with E-state index in [-0.39, 0.29) is 27.1 Å². The molecule has 2 aromatic rings. The Morgan fingerprint density at radius 3 is 2.45 bits per heavy atom. The van der Waals surface area contributed by atoms with Gasteiger partial charge in [-0.3, -0.25) is 14.4 Å². The zero-order valence-corrected chi connectivity index (χ0v) is 12.3. The third kappa shape index (κ3) is 2.53. The number of amides is 1. The van der Waals surface area contributed by atoms with E-state index in [0.717, 1.165) is 17.4 Å². The van der Waals surface area contributed by atoms with Crippen LogP contribution in [0.25, 0.3) is 0 Å². The number of aromatic nitrogens is 1. The van der Waals surface area contributed by atoms with Crippen molar-refractivity contribution in [3.63, 3.8) is 0 Å². The first-order valence-electron chi connectivity index (χ1n) is 6.31. The van der Waals surface area contributed by atoms with Gasteiger partial charge in [0, 0.05) is 5.69 Å². The van der Waals surface area contributed by atoms with E-state index in [2.05, 4.69) is 10.3 Å². The summed E-state index contributed by atoms with van der Waals surface area (Å²) in [7, 11) is 1.55. The monoisotopic (exact) mass is 314 g/mol. The molecule has 7 heteroatoms. The van der Waals surface area contributed by atoms with Crippen LogP contribution in [-0.2, 0) is 0 Å². The van der Waals surface area contributed by atoms with Crippen molar-refractivity contribution in [3.05, 3.63) is 52.0 Å². The Labute approximate surface area is 129 Å². The van der Waals surface area contributed by atoms with Crippen LogP contribution >= 0.6 is 11.3 Å². The van der Waals surface area contributed by atoms with Crippen LogP contribution in [-0.4, -0.2) is 29.6 Å². The second-order valence-electron chi connectivity index (χ2n) is 4.44. The highest BCUT2D eigenvalue weighted by Gasteiger charge is 2.26. The fraction of sp³-hybridized carbons (Fsp3) is 0.0667. The highest BCUT2D eigenvalue weighted by atomic mass is 32.1. The Morgan fingerprint density at radius 2 is 1.82 bits per heavy atom. The number of anilines is 1. The molecule has 0 saturated carbocycles. The maximum Gasteiger partial charge on any atom is 0.284 e. The van der Waals surface area contributed by atoms with Crippen LogP contribution in [0, 0.1) is 0 Å². The number of hydrogen-bond donors (Lipinski definition) is 1. The van der Waals surface area contributed by atoms with Crippen molar-refractivity contribution >= 4 is 34.5 Å². The van der Waals surface area contributed by atoms with Crippen molar-refractivity contribution in [1.82, 2.24) is 4.98 Å². The number of fused-ring (bicyclic) bond motifs is 1. The molecular weight excluding hydrogens is 304 g/mol. The molecule has 0 radical (unpaired) electrons. The Morgan fingerprint density at radius 1 is 1.14 bits per heavy atom. The van der Waals surface area contributed by atoms with Crippen LogP contribution in [0.5, 0.6) is 5.75 Å². The molecule has 0 aliphatic heterocycles. The van der Waals surface area contributed by atoms with E-state index in [1.54, 1.807) is 31.4 Å². The van der Waals surface area contributed by atoms with Crippen LogP contribution < -0.4 is 10.1 Å². The smallest absolute Gasteiger partial charge is 0.284 e. The number of methoxy groups -OCH3 is 1. The first-order valence-corrected chi connectivity index (χ1v) is 7.13. The molecule has 1 aliphatic carbocycles. The number of ketones is 2. The van der Waals surface area contributed by atoms with Crippen molar-refractivity contribution in [2.45, 2.75) is 0 Å². The summed E-state index contributed by atoms with van der Waals surface area (Å²) in [6.07, 6.45) is 2.35. The fourth-order valence-electron chi connectivity index (χ4n) is 1.92. The van der Waals surface area contributed by atoms with Crippen LogP contribution in [0.15, 0.2) is 36.4 Å². The first-order chi connectivity index (χ1) is 10.6. The molecule has 0 bridgehead atoms. The van der Waals surface area contributed by atoms with Gasteiger partial charge in [0.25, 0.3) is 5.91 Å². The van der Waals surface area contributed by atoms with E-state index >= 15 is 0 Å². The summed E-state index contributed by atoms with van der Waals surface area (Å²) in [5.41, 5.74) is 0.604. The highest BCUT2D eigenvalue weighted by Crippen LogP contribution is 2.24. The Kier molecular flexibility index (Phi) is 3.56. The number of nitrogens with zero attached hydrogens (tertiary/aromatic N) is 1. The minimum atomic E-state index is -0.467. The molecule has 6 nitrogen and oxygen atoms in total. The van der Waals surface area contributed by atoms with Gasteiger partial charge in [-0.2, -0.15) is 0 Å². The minimum absolute atomic E-state index is 0.0392. The lowest BCUT2D eigenvalue weighted by Crippen LogP contribution is -2.12. The summed E-state index contributed by atoms with van der Waals surface area (Å²) < 4.78 is 5.03. The Bertz CT molecular complexity index is 770. The lowest BCUT2D eigenvalue weighted by molar-refractivity contribution is 0.0993. The van der Waals surface area contributed by atoms with E-state index in [0.29, 0.717) is 11.4 Å². The molecule has 1 heterocycles. The summed E-state index contributed by atoms with van der Waals surface area (Å²) in [6.45, 7) is 0. The average Bonchev–Trinajstić information content (AvgIpc) is 2.98. The molecule has 0 atom stereocenters. The molecule has 1 N–H and O–H groups in total. The van der Waals surface area contributed by atoms with E-state index in [4.69, 9.17) is 4.74 Å². The molecule has 0 saturated heterocycles.